The second-order valence-electron chi connectivity index (χ2n) is 9.05. The molecule has 6 nitrogen and oxygen atoms in total. The number of carbonyl (C=O) groups excluding carboxylic acids is 1. The van der Waals surface area contributed by atoms with Crippen molar-refractivity contribution in [1.82, 2.24) is 25.0 Å². The first kappa shape index (κ1) is 19.2. The zero-order valence-corrected chi connectivity index (χ0v) is 18.0. The van der Waals surface area contributed by atoms with Gasteiger partial charge in [0.15, 0.2) is 0 Å². The fourth-order valence-corrected chi connectivity index (χ4v) is 6.02. The van der Waals surface area contributed by atoms with Crippen molar-refractivity contribution < 1.29 is 4.79 Å². The normalized spacial score (nSPS) is 24.7. The first-order valence-corrected chi connectivity index (χ1v) is 11.3. The molecule has 0 unspecified atom stereocenters. The zero-order chi connectivity index (χ0) is 21.7. The van der Waals surface area contributed by atoms with Crippen LogP contribution < -0.4 is 0 Å². The summed E-state index contributed by atoms with van der Waals surface area (Å²) in [6.45, 7) is 2.12. The number of nitrogens with zero attached hydrogens (tertiary/aromatic N) is 4. The quantitative estimate of drug-likeness (QED) is 0.526. The molecule has 2 aliphatic rings. The molecule has 1 saturated carbocycles. The minimum absolute atomic E-state index is 0.0530. The number of carbonyl (C=O) groups is 1. The van der Waals surface area contributed by atoms with E-state index in [0.717, 1.165) is 36.2 Å². The number of ketones is 1. The highest BCUT2D eigenvalue weighted by molar-refractivity contribution is 5.83. The summed E-state index contributed by atoms with van der Waals surface area (Å²) in [4.78, 5) is 16.9. The Morgan fingerprint density at radius 2 is 1.97 bits per heavy atom. The number of aromatic amines is 1. The molecule has 4 aromatic rings. The van der Waals surface area contributed by atoms with Crippen molar-refractivity contribution in [1.29, 1.82) is 0 Å². The molecular weight excluding hydrogens is 398 g/mol. The maximum absolute atomic E-state index is 12.7. The summed E-state index contributed by atoms with van der Waals surface area (Å²) in [6.07, 6.45) is 10.8. The third-order valence-electron chi connectivity index (χ3n) is 7.58. The van der Waals surface area contributed by atoms with Crippen LogP contribution in [0.5, 0.6) is 0 Å². The smallest absolute Gasteiger partial charge is 0.136 e. The largest absolute Gasteiger partial charge is 0.299 e. The van der Waals surface area contributed by atoms with Crippen LogP contribution in [0.3, 0.4) is 0 Å². The Labute approximate surface area is 186 Å². The molecule has 0 saturated heterocycles. The van der Waals surface area contributed by atoms with E-state index in [2.05, 4.69) is 52.4 Å². The van der Waals surface area contributed by atoms with Crippen LogP contribution in [-0.4, -0.2) is 30.7 Å². The SMILES string of the molecule is C[C@@H]1C(=O)CC[C@]2(c3ccccc3)c3[nH]nc(-c4cnn(-c5cccnc5)c4)c3CC[C@@H]12. The Kier molecular flexibility index (Phi) is 4.35. The number of H-pyrrole nitrogens is 1. The monoisotopic (exact) mass is 423 g/mol. The molecule has 6 heteroatoms. The van der Waals surface area contributed by atoms with Crippen LogP contribution in [0, 0.1) is 11.8 Å². The van der Waals surface area contributed by atoms with E-state index < -0.39 is 0 Å². The molecule has 2 aliphatic carbocycles. The van der Waals surface area contributed by atoms with E-state index in [9.17, 15) is 4.79 Å². The molecule has 1 N–H and O–H groups in total. The molecule has 3 atom stereocenters. The molecule has 1 fully saturated rings. The third kappa shape index (κ3) is 2.72. The van der Waals surface area contributed by atoms with Crippen LogP contribution in [0.4, 0.5) is 0 Å². The lowest BCUT2D eigenvalue weighted by Gasteiger charge is -2.49. The van der Waals surface area contributed by atoms with Crippen LogP contribution in [0.2, 0.25) is 0 Å². The van der Waals surface area contributed by atoms with E-state index in [1.807, 2.05) is 29.2 Å². The average molecular weight is 424 g/mol. The fourth-order valence-electron chi connectivity index (χ4n) is 6.02. The van der Waals surface area contributed by atoms with Crippen molar-refractivity contribution in [2.75, 3.05) is 0 Å². The number of rotatable bonds is 3. The second kappa shape index (κ2) is 7.26. The molecule has 0 radical (unpaired) electrons. The van der Waals surface area contributed by atoms with E-state index in [4.69, 9.17) is 5.10 Å². The molecule has 32 heavy (non-hydrogen) atoms. The van der Waals surface area contributed by atoms with Gasteiger partial charge in [0.05, 0.1) is 23.8 Å². The highest BCUT2D eigenvalue weighted by atomic mass is 16.1. The van der Waals surface area contributed by atoms with Crippen LogP contribution in [-0.2, 0) is 16.6 Å². The summed E-state index contributed by atoms with van der Waals surface area (Å²) in [6, 6.07) is 14.6. The predicted molar refractivity (Wildman–Crippen MR) is 121 cm³/mol. The lowest BCUT2D eigenvalue weighted by Crippen LogP contribution is -2.49. The minimum atomic E-state index is -0.202. The fraction of sp³-hybridized carbons (Fsp3) is 0.308. The maximum Gasteiger partial charge on any atom is 0.136 e. The number of hydrogen-bond acceptors (Lipinski definition) is 4. The molecule has 3 aromatic heterocycles. The molecule has 1 aromatic carbocycles. The van der Waals surface area contributed by atoms with Crippen molar-refractivity contribution in [3.05, 3.63) is 84.1 Å². The first-order chi connectivity index (χ1) is 15.7. The summed E-state index contributed by atoms with van der Waals surface area (Å²) in [5.74, 6) is 0.727. The Morgan fingerprint density at radius 3 is 2.78 bits per heavy atom. The Balaban J connectivity index is 1.48. The highest BCUT2D eigenvalue weighted by Crippen LogP contribution is 2.55. The molecule has 0 aliphatic heterocycles. The molecule has 160 valence electrons. The Hall–Kier alpha value is -3.54. The van der Waals surface area contributed by atoms with Gasteiger partial charge in [0.2, 0.25) is 0 Å². The Morgan fingerprint density at radius 1 is 1.09 bits per heavy atom. The highest BCUT2D eigenvalue weighted by Gasteiger charge is 2.53. The summed E-state index contributed by atoms with van der Waals surface area (Å²) >= 11 is 0. The van der Waals surface area contributed by atoms with Crippen LogP contribution in [0.15, 0.2) is 67.3 Å². The van der Waals surface area contributed by atoms with E-state index in [-0.39, 0.29) is 17.3 Å². The first-order valence-electron chi connectivity index (χ1n) is 11.3. The van der Waals surface area contributed by atoms with Gasteiger partial charge in [-0.15, -0.1) is 0 Å². The van der Waals surface area contributed by atoms with Crippen molar-refractivity contribution in [3.63, 3.8) is 0 Å². The van der Waals surface area contributed by atoms with Crippen LogP contribution in [0.25, 0.3) is 16.9 Å². The van der Waals surface area contributed by atoms with E-state index in [1.54, 1.807) is 12.4 Å². The number of fused-ring (bicyclic) bond motifs is 3. The van der Waals surface area contributed by atoms with Gasteiger partial charge in [-0.25, -0.2) is 4.68 Å². The zero-order valence-electron chi connectivity index (χ0n) is 18.0. The lowest BCUT2D eigenvalue weighted by atomic mass is 9.53. The van der Waals surface area contributed by atoms with Gasteiger partial charge in [0, 0.05) is 47.0 Å². The van der Waals surface area contributed by atoms with Gasteiger partial charge < -0.3 is 0 Å². The summed E-state index contributed by atoms with van der Waals surface area (Å²) in [5.41, 5.74) is 6.41. The number of nitrogens with one attached hydrogen (secondary N) is 1. The lowest BCUT2D eigenvalue weighted by molar-refractivity contribution is -0.128. The standard InChI is InChI=1S/C26H25N5O/c1-17-22-10-9-21-24(18-14-28-31(16-18)20-8-5-13-27-15-20)29-30-25(21)26(22,12-11-23(17)32)19-6-3-2-4-7-19/h2-8,13-17,22H,9-12H2,1H3,(H,29,30)/t17-,22-,26+/m0/s1. The molecular formula is C26H25N5O. The minimum Gasteiger partial charge on any atom is -0.299 e. The van der Waals surface area contributed by atoms with Crippen LogP contribution >= 0.6 is 0 Å². The number of aromatic nitrogens is 5. The Bertz CT molecular complexity index is 1280. The molecule has 3 heterocycles. The summed E-state index contributed by atoms with van der Waals surface area (Å²) in [7, 11) is 0. The van der Waals surface area contributed by atoms with Gasteiger partial charge in [-0.2, -0.15) is 10.2 Å². The number of Topliss-reactive ketones (excluding diaryl/α,β-unsaturated/α-hetero) is 1. The average Bonchev–Trinajstić information content (AvgIpc) is 3.50. The predicted octanol–water partition coefficient (Wildman–Crippen LogP) is 4.50. The van der Waals surface area contributed by atoms with Crippen LogP contribution in [0.1, 0.15) is 43.0 Å². The molecule has 0 amide bonds. The topological polar surface area (TPSA) is 76.5 Å². The van der Waals surface area contributed by atoms with E-state index in [1.165, 1.54) is 16.8 Å². The molecule has 6 rings (SSSR count). The second-order valence-corrected chi connectivity index (χ2v) is 9.05. The van der Waals surface area contributed by atoms with E-state index >= 15 is 0 Å². The summed E-state index contributed by atoms with van der Waals surface area (Å²) < 4.78 is 1.84. The number of hydrogen-bond donors (Lipinski definition) is 1. The summed E-state index contributed by atoms with van der Waals surface area (Å²) in [5, 5.41) is 12.8. The van der Waals surface area contributed by atoms with E-state index in [0.29, 0.717) is 12.2 Å². The van der Waals surface area contributed by atoms with Gasteiger partial charge in [-0.3, -0.25) is 14.9 Å². The third-order valence-corrected chi connectivity index (χ3v) is 7.58. The van der Waals surface area contributed by atoms with Crippen molar-refractivity contribution in [2.45, 2.75) is 38.0 Å². The van der Waals surface area contributed by atoms with Gasteiger partial charge >= 0.3 is 0 Å². The van der Waals surface area contributed by atoms with Gasteiger partial charge in [0.25, 0.3) is 0 Å². The van der Waals surface area contributed by atoms with Gasteiger partial charge in [-0.05, 0) is 42.9 Å². The number of benzene rings is 1. The van der Waals surface area contributed by atoms with Crippen molar-refractivity contribution >= 4 is 5.78 Å². The maximum atomic E-state index is 12.7. The van der Waals surface area contributed by atoms with Crippen molar-refractivity contribution in [3.8, 4) is 16.9 Å². The van der Waals surface area contributed by atoms with Gasteiger partial charge in [-0.1, -0.05) is 37.3 Å². The molecule has 0 spiro atoms. The van der Waals surface area contributed by atoms with Gasteiger partial charge in [0.1, 0.15) is 5.78 Å². The number of pyridine rings is 1. The molecule has 0 bridgehead atoms. The van der Waals surface area contributed by atoms with Crippen molar-refractivity contribution in [2.24, 2.45) is 11.8 Å².